The van der Waals surface area contributed by atoms with Crippen LogP contribution < -0.4 is 15.2 Å². The van der Waals surface area contributed by atoms with Gasteiger partial charge in [-0.25, -0.2) is 0 Å². The van der Waals surface area contributed by atoms with E-state index in [9.17, 15) is 0 Å². The van der Waals surface area contributed by atoms with E-state index < -0.39 is 0 Å². The summed E-state index contributed by atoms with van der Waals surface area (Å²) in [5.74, 6) is 1.67. The molecule has 0 aliphatic carbocycles. The Morgan fingerprint density at radius 1 is 1.45 bits per heavy atom. The van der Waals surface area contributed by atoms with Crippen LogP contribution >= 0.6 is 0 Å². The number of nitrogens with two attached hydrogens (primary N) is 1. The molecule has 1 aliphatic rings. The van der Waals surface area contributed by atoms with Crippen LogP contribution in [0, 0.1) is 0 Å². The molecule has 4 nitrogen and oxygen atoms in total. The number of benzene rings is 1. The van der Waals surface area contributed by atoms with E-state index in [1.165, 1.54) is 0 Å². The Balaban J connectivity index is 2.05. The highest BCUT2D eigenvalue weighted by atomic mass is 16.5. The quantitative estimate of drug-likeness (QED) is 0.833. The minimum atomic E-state index is 0.161. The molecule has 0 radical (unpaired) electrons. The molecule has 0 aromatic heterocycles. The molecule has 2 rings (SSSR count). The summed E-state index contributed by atoms with van der Waals surface area (Å²) < 4.78 is 16.8. The lowest BCUT2D eigenvalue weighted by atomic mass is 10.0. The van der Waals surface area contributed by atoms with Crippen LogP contribution in [0.15, 0.2) is 18.2 Å². The summed E-state index contributed by atoms with van der Waals surface area (Å²) in [5.41, 5.74) is 7.19. The molecule has 112 valence electrons. The molecule has 0 amide bonds. The van der Waals surface area contributed by atoms with Gasteiger partial charge in [-0.15, -0.1) is 0 Å². The van der Waals surface area contributed by atoms with E-state index in [1.54, 1.807) is 7.11 Å². The highest BCUT2D eigenvalue weighted by Crippen LogP contribution is 2.27. The van der Waals surface area contributed by atoms with Gasteiger partial charge in [0.05, 0.1) is 13.2 Å². The maximum atomic E-state index is 6.05. The monoisotopic (exact) mass is 279 g/mol. The van der Waals surface area contributed by atoms with Crippen molar-refractivity contribution < 1.29 is 14.2 Å². The molecular weight excluding hydrogens is 254 g/mol. The van der Waals surface area contributed by atoms with Gasteiger partial charge in [0.2, 0.25) is 0 Å². The Hall–Kier alpha value is -1.26. The van der Waals surface area contributed by atoms with Crippen molar-refractivity contribution in [3.8, 4) is 11.5 Å². The van der Waals surface area contributed by atoms with Crippen LogP contribution in [0.3, 0.4) is 0 Å². The highest BCUT2D eigenvalue weighted by Gasteiger charge is 2.17. The van der Waals surface area contributed by atoms with E-state index >= 15 is 0 Å². The van der Waals surface area contributed by atoms with Crippen molar-refractivity contribution in [2.24, 2.45) is 5.73 Å². The topological polar surface area (TPSA) is 53.7 Å². The summed E-state index contributed by atoms with van der Waals surface area (Å²) in [6.45, 7) is 3.54. The van der Waals surface area contributed by atoms with Crippen molar-refractivity contribution in [2.45, 2.75) is 44.8 Å². The molecule has 2 atom stereocenters. The second-order valence-electron chi connectivity index (χ2n) is 5.29. The molecule has 0 spiro atoms. The van der Waals surface area contributed by atoms with E-state index in [4.69, 9.17) is 19.9 Å². The average molecular weight is 279 g/mol. The molecule has 1 aliphatic heterocycles. The molecular formula is C16H25NO3. The second kappa shape index (κ2) is 7.50. The van der Waals surface area contributed by atoms with Crippen molar-refractivity contribution in [1.82, 2.24) is 0 Å². The summed E-state index contributed by atoms with van der Waals surface area (Å²) in [7, 11) is 1.66. The first-order valence-corrected chi connectivity index (χ1v) is 7.39. The summed E-state index contributed by atoms with van der Waals surface area (Å²) in [4.78, 5) is 0. The Morgan fingerprint density at radius 3 is 2.95 bits per heavy atom. The Kier molecular flexibility index (Phi) is 5.68. The number of hydrogen-bond acceptors (Lipinski definition) is 4. The van der Waals surface area contributed by atoms with Crippen molar-refractivity contribution >= 4 is 0 Å². The van der Waals surface area contributed by atoms with Gasteiger partial charge in [0.1, 0.15) is 18.1 Å². The highest BCUT2D eigenvalue weighted by molar-refractivity contribution is 5.41. The van der Waals surface area contributed by atoms with Gasteiger partial charge in [0, 0.05) is 18.7 Å². The van der Waals surface area contributed by atoms with Gasteiger partial charge in [-0.2, -0.15) is 0 Å². The second-order valence-corrected chi connectivity index (χ2v) is 5.29. The van der Waals surface area contributed by atoms with Crippen molar-refractivity contribution in [1.29, 1.82) is 0 Å². The van der Waals surface area contributed by atoms with Gasteiger partial charge in [-0.3, -0.25) is 0 Å². The standard InChI is InChI=1S/C16H25NO3/c1-3-13(17)9-12-6-7-14(18-2)10-16(12)20-11-15-5-4-8-19-15/h6-7,10,13,15H,3-5,8-9,11,17H2,1-2H3. The Bertz CT molecular complexity index is 416. The lowest BCUT2D eigenvalue weighted by Gasteiger charge is -2.17. The molecule has 1 heterocycles. The third-order valence-corrected chi connectivity index (χ3v) is 3.73. The van der Waals surface area contributed by atoms with Crippen molar-refractivity contribution in [3.63, 3.8) is 0 Å². The normalized spacial score (nSPS) is 19.9. The molecule has 2 unspecified atom stereocenters. The van der Waals surface area contributed by atoms with Gasteiger partial charge in [-0.1, -0.05) is 13.0 Å². The lowest BCUT2D eigenvalue weighted by molar-refractivity contribution is 0.0675. The van der Waals surface area contributed by atoms with E-state index in [-0.39, 0.29) is 12.1 Å². The number of methoxy groups -OCH3 is 1. The van der Waals surface area contributed by atoms with Crippen LogP contribution in [-0.4, -0.2) is 32.5 Å². The molecule has 0 bridgehead atoms. The first-order valence-electron chi connectivity index (χ1n) is 7.39. The fourth-order valence-corrected chi connectivity index (χ4v) is 2.35. The van der Waals surface area contributed by atoms with Crippen LogP contribution in [0.2, 0.25) is 0 Å². The van der Waals surface area contributed by atoms with Crippen LogP contribution in [0.25, 0.3) is 0 Å². The van der Waals surface area contributed by atoms with Crippen molar-refractivity contribution in [2.75, 3.05) is 20.3 Å². The molecule has 1 aromatic rings. The van der Waals surface area contributed by atoms with Crippen LogP contribution in [0.4, 0.5) is 0 Å². The SMILES string of the molecule is CCC(N)Cc1ccc(OC)cc1OCC1CCCO1. The molecule has 1 fully saturated rings. The first kappa shape index (κ1) is 15.1. The van der Waals surface area contributed by atoms with E-state index in [0.29, 0.717) is 6.61 Å². The van der Waals surface area contributed by atoms with E-state index in [2.05, 4.69) is 6.92 Å². The predicted octanol–water partition coefficient (Wildman–Crippen LogP) is 2.53. The van der Waals surface area contributed by atoms with Gasteiger partial charge in [-0.05, 0) is 37.3 Å². The van der Waals surface area contributed by atoms with Gasteiger partial charge < -0.3 is 19.9 Å². The van der Waals surface area contributed by atoms with E-state index in [0.717, 1.165) is 49.4 Å². The molecule has 1 saturated heterocycles. The van der Waals surface area contributed by atoms with Crippen LogP contribution in [0.1, 0.15) is 31.7 Å². The Labute approximate surface area is 121 Å². The fourth-order valence-electron chi connectivity index (χ4n) is 2.35. The number of hydrogen-bond donors (Lipinski definition) is 1. The lowest BCUT2D eigenvalue weighted by Crippen LogP contribution is -2.22. The molecule has 0 saturated carbocycles. The smallest absolute Gasteiger partial charge is 0.126 e. The Morgan fingerprint density at radius 2 is 2.30 bits per heavy atom. The average Bonchev–Trinajstić information content (AvgIpc) is 2.99. The zero-order valence-corrected chi connectivity index (χ0v) is 12.4. The maximum absolute atomic E-state index is 6.05. The predicted molar refractivity (Wildman–Crippen MR) is 79.4 cm³/mol. The minimum Gasteiger partial charge on any atom is -0.497 e. The van der Waals surface area contributed by atoms with Gasteiger partial charge in [0.15, 0.2) is 0 Å². The molecule has 2 N–H and O–H groups in total. The van der Waals surface area contributed by atoms with Crippen LogP contribution in [0.5, 0.6) is 11.5 Å². The van der Waals surface area contributed by atoms with Crippen molar-refractivity contribution in [3.05, 3.63) is 23.8 Å². The number of rotatable bonds is 7. The summed E-state index contributed by atoms with van der Waals surface area (Å²) in [6, 6.07) is 6.09. The largest absolute Gasteiger partial charge is 0.497 e. The number of ether oxygens (including phenoxy) is 3. The van der Waals surface area contributed by atoms with Gasteiger partial charge >= 0.3 is 0 Å². The molecule has 4 heteroatoms. The zero-order chi connectivity index (χ0) is 14.4. The minimum absolute atomic E-state index is 0.161. The third kappa shape index (κ3) is 4.12. The molecule has 1 aromatic carbocycles. The third-order valence-electron chi connectivity index (χ3n) is 3.73. The molecule has 20 heavy (non-hydrogen) atoms. The summed E-state index contributed by atoms with van der Waals surface area (Å²) in [6.07, 6.45) is 4.19. The van der Waals surface area contributed by atoms with E-state index in [1.807, 2.05) is 18.2 Å². The fraction of sp³-hybridized carbons (Fsp3) is 0.625. The maximum Gasteiger partial charge on any atom is 0.126 e. The first-order chi connectivity index (χ1) is 9.72. The van der Waals surface area contributed by atoms with Gasteiger partial charge in [0.25, 0.3) is 0 Å². The summed E-state index contributed by atoms with van der Waals surface area (Å²) >= 11 is 0. The van der Waals surface area contributed by atoms with Crippen LogP contribution in [-0.2, 0) is 11.2 Å². The summed E-state index contributed by atoms with van der Waals surface area (Å²) in [5, 5.41) is 0. The zero-order valence-electron chi connectivity index (χ0n) is 12.4.